The predicted octanol–water partition coefficient (Wildman–Crippen LogP) is 2.75. The molecule has 0 aromatic carbocycles. The van der Waals surface area contributed by atoms with E-state index in [-0.39, 0.29) is 5.41 Å². The third-order valence-electron chi connectivity index (χ3n) is 2.87. The van der Waals surface area contributed by atoms with Crippen LogP contribution in [0.2, 0.25) is 0 Å². The zero-order valence-corrected chi connectivity index (χ0v) is 11.2. The van der Waals surface area contributed by atoms with Gasteiger partial charge in [-0.2, -0.15) is 0 Å². The summed E-state index contributed by atoms with van der Waals surface area (Å²) in [5, 5.41) is 2.08. The van der Waals surface area contributed by atoms with E-state index in [1.54, 1.807) is 11.3 Å². The maximum atomic E-state index is 5.76. The molecule has 0 aliphatic carbocycles. The summed E-state index contributed by atoms with van der Waals surface area (Å²) in [5.74, 6) is 0.810. The molecule has 0 amide bonds. The number of hydrogen-bond acceptors (Lipinski definition) is 4. The van der Waals surface area contributed by atoms with Crippen molar-refractivity contribution < 1.29 is 0 Å². The van der Waals surface area contributed by atoms with E-state index in [1.807, 2.05) is 12.3 Å². The monoisotopic (exact) mass is 247 g/mol. The van der Waals surface area contributed by atoms with Crippen molar-refractivity contribution in [1.29, 1.82) is 0 Å². The van der Waals surface area contributed by atoms with Gasteiger partial charge in [-0.15, -0.1) is 11.3 Å². The summed E-state index contributed by atoms with van der Waals surface area (Å²) in [6.45, 7) is 6.77. The maximum absolute atomic E-state index is 5.76. The fourth-order valence-electron chi connectivity index (χ4n) is 1.54. The highest BCUT2D eigenvalue weighted by atomic mass is 32.1. The van der Waals surface area contributed by atoms with Crippen LogP contribution < -0.4 is 5.73 Å². The second-order valence-corrected chi connectivity index (χ2v) is 5.70. The van der Waals surface area contributed by atoms with Crippen LogP contribution >= 0.6 is 11.3 Å². The predicted molar refractivity (Wildman–Crippen MR) is 72.2 cm³/mol. The van der Waals surface area contributed by atoms with Gasteiger partial charge in [-0.05, 0) is 30.0 Å². The van der Waals surface area contributed by atoms with Crippen LogP contribution in [0.15, 0.2) is 23.7 Å². The fourth-order valence-corrected chi connectivity index (χ4v) is 2.43. The first-order valence-corrected chi connectivity index (χ1v) is 6.50. The lowest BCUT2D eigenvalue weighted by Gasteiger charge is -2.20. The average Bonchev–Trinajstić information content (AvgIpc) is 2.76. The number of hydrogen-bond donors (Lipinski definition) is 1. The van der Waals surface area contributed by atoms with Gasteiger partial charge in [0.1, 0.15) is 5.82 Å². The van der Waals surface area contributed by atoms with E-state index in [9.17, 15) is 0 Å². The molecule has 2 aromatic heterocycles. The Balaban J connectivity index is 2.46. The van der Waals surface area contributed by atoms with Crippen LogP contribution in [0.1, 0.15) is 25.2 Å². The molecule has 0 unspecified atom stereocenters. The number of nitrogens with zero attached hydrogens (tertiary/aromatic N) is 2. The van der Waals surface area contributed by atoms with Gasteiger partial charge in [0.2, 0.25) is 0 Å². The van der Waals surface area contributed by atoms with Crippen molar-refractivity contribution in [2.24, 2.45) is 5.73 Å². The average molecular weight is 247 g/mol. The minimum atomic E-state index is -0.179. The molecule has 4 heteroatoms. The molecule has 0 bridgehead atoms. The van der Waals surface area contributed by atoms with Crippen LogP contribution in [0.5, 0.6) is 0 Å². The molecular formula is C13H17N3S. The number of aromatic nitrogens is 2. The van der Waals surface area contributed by atoms with Gasteiger partial charge in [-0.1, -0.05) is 13.8 Å². The van der Waals surface area contributed by atoms with Gasteiger partial charge in [0.15, 0.2) is 0 Å². The van der Waals surface area contributed by atoms with Crippen molar-refractivity contribution in [3.63, 3.8) is 0 Å². The Morgan fingerprint density at radius 2 is 2.12 bits per heavy atom. The minimum Gasteiger partial charge on any atom is -0.329 e. The van der Waals surface area contributed by atoms with Crippen LogP contribution in [-0.2, 0) is 5.41 Å². The van der Waals surface area contributed by atoms with Gasteiger partial charge < -0.3 is 5.73 Å². The van der Waals surface area contributed by atoms with E-state index in [0.717, 1.165) is 11.5 Å². The largest absolute Gasteiger partial charge is 0.329 e. The molecule has 3 nitrogen and oxygen atoms in total. The third-order valence-corrected chi connectivity index (χ3v) is 3.90. The van der Waals surface area contributed by atoms with E-state index in [0.29, 0.717) is 6.54 Å². The van der Waals surface area contributed by atoms with Gasteiger partial charge in [0.05, 0.1) is 10.6 Å². The minimum absolute atomic E-state index is 0.179. The van der Waals surface area contributed by atoms with Crippen LogP contribution in [-0.4, -0.2) is 16.5 Å². The van der Waals surface area contributed by atoms with Gasteiger partial charge in [-0.3, -0.25) is 0 Å². The Morgan fingerprint density at radius 1 is 1.35 bits per heavy atom. The maximum Gasteiger partial charge on any atom is 0.135 e. The lowest BCUT2D eigenvalue weighted by molar-refractivity contribution is 0.503. The smallest absolute Gasteiger partial charge is 0.135 e. The molecule has 90 valence electrons. The second-order valence-electron chi connectivity index (χ2n) is 4.79. The fraction of sp³-hybridized carbons (Fsp3) is 0.385. The Morgan fingerprint density at radius 3 is 2.71 bits per heavy atom. The van der Waals surface area contributed by atoms with Gasteiger partial charge in [0, 0.05) is 18.2 Å². The number of rotatable bonds is 3. The topological polar surface area (TPSA) is 51.8 Å². The summed E-state index contributed by atoms with van der Waals surface area (Å²) in [7, 11) is 0. The zero-order chi connectivity index (χ0) is 12.5. The summed E-state index contributed by atoms with van der Waals surface area (Å²) in [4.78, 5) is 10.2. The van der Waals surface area contributed by atoms with E-state index in [4.69, 9.17) is 5.73 Å². The van der Waals surface area contributed by atoms with Crippen LogP contribution in [0.4, 0.5) is 0 Å². The number of nitrogens with two attached hydrogens (primary N) is 1. The summed E-state index contributed by atoms with van der Waals surface area (Å²) in [6, 6.07) is 4.06. The van der Waals surface area contributed by atoms with Crippen molar-refractivity contribution in [2.75, 3.05) is 6.54 Å². The quantitative estimate of drug-likeness (QED) is 0.907. The molecule has 0 radical (unpaired) electrons. The van der Waals surface area contributed by atoms with Crippen molar-refractivity contribution in [3.05, 3.63) is 35.1 Å². The molecule has 0 fully saturated rings. The molecular weight excluding hydrogens is 230 g/mol. The van der Waals surface area contributed by atoms with Crippen LogP contribution in [0, 0.1) is 6.92 Å². The first kappa shape index (κ1) is 12.2. The number of aryl methyl sites for hydroxylation is 1. The summed E-state index contributed by atoms with van der Waals surface area (Å²) >= 11 is 1.71. The molecule has 2 N–H and O–H groups in total. The molecule has 2 heterocycles. The van der Waals surface area contributed by atoms with E-state index in [2.05, 4.69) is 42.2 Å². The van der Waals surface area contributed by atoms with E-state index in [1.165, 1.54) is 10.4 Å². The Bertz CT molecular complexity index is 517. The van der Waals surface area contributed by atoms with Gasteiger partial charge in [0.25, 0.3) is 0 Å². The van der Waals surface area contributed by atoms with Crippen molar-refractivity contribution in [3.8, 4) is 10.6 Å². The van der Waals surface area contributed by atoms with Crippen molar-refractivity contribution in [1.82, 2.24) is 9.97 Å². The van der Waals surface area contributed by atoms with Gasteiger partial charge >= 0.3 is 0 Å². The molecule has 0 saturated carbocycles. The van der Waals surface area contributed by atoms with Crippen LogP contribution in [0.3, 0.4) is 0 Å². The highest BCUT2D eigenvalue weighted by Gasteiger charge is 2.22. The first-order chi connectivity index (χ1) is 8.04. The summed E-state index contributed by atoms with van der Waals surface area (Å²) in [5.41, 5.74) is 7.82. The van der Waals surface area contributed by atoms with Gasteiger partial charge in [-0.25, -0.2) is 9.97 Å². The third kappa shape index (κ3) is 2.37. The molecule has 0 saturated heterocycles. The lowest BCUT2D eigenvalue weighted by Crippen LogP contribution is -2.30. The highest BCUT2D eigenvalue weighted by molar-refractivity contribution is 7.13. The van der Waals surface area contributed by atoms with E-state index >= 15 is 0 Å². The van der Waals surface area contributed by atoms with Crippen molar-refractivity contribution >= 4 is 11.3 Å². The Kier molecular flexibility index (Phi) is 3.26. The number of thiophene rings is 1. The molecule has 2 aromatic rings. The van der Waals surface area contributed by atoms with E-state index < -0.39 is 0 Å². The summed E-state index contributed by atoms with van der Waals surface area (Å²) < 4.78 is 0. The molecule has 2 rings (SSSR count). The zero-order valence-electron chi connectivity index (χ0n) is 10.4. The first-order valence-electron chi connectivity index (χ1n) is 5.62. The highest BCUT2D eigenvalue weighted by Crippen LogP contribution is 2.28. The lowest BCUT2D eigenvalue weighted by atomic mass is 9.92. The molecule has 0 spiro atoms. The molecule has 17 heavy (non-hydrogen) atoms. The Hall–Kier alpha value is -1.26. The molecule has 0 aliphatic rings. The van der Waals surface area contributed by atoms with Crippen LogP contribution in [0.25, 0.3) is 10.6 Å². The van der Waals surface area contributed by atoms with Crippen molar-refractivity contribution in [2.45, 2.75) is 26.2 Å². The normalized spacial score (nSPS) is 11.8. The Labute approximate surface area is 106 Å². The standard InChI is InChI=1S/C13H17N3S/c1-9-5-7-17-11(9)10-4-6-15-12(16-10)13(2,3)8-14/h4-7H,8,14H2,1-3H3. The molecule has 0 atom stereocenters. The summed E-state index contributed by atoms with van der Waals surface area (Å²) in [6.07, 6.45) is 1.81. The molecule has 0 aliphatic heterocycles. The SMILES string of the molecule is Cc1ccsc1-c1ccnc(C(C)(C)CN)n1. The second kappa shape index (κ2) is 4.55.